The Kier molecular flexibility index (Phi) is 56.9. The number of rotatable bonds is 61. The van der Waals surface area contributed by atoms with Crippen LogP contribution in [0.3, 0.4) is 0 Å². The van der Waals surface area contributed by atoms with E-state index in [2.05, 4.69) is 43.5 Å². The summed E-state index contributed by atoms with van der Waals surface area (Å²) < 4.78 is 11.3. The topological polar surface area (TPSA) is 149 Å². The number of carbonyl (C=O) groups is 1. The number of nitrogens with one attached hydrogen (secondary N) is 1. The van der Waals surface area contributed by atoms with Crippen LogP contribution in [0.2, 0.25) is 0 Å². The first-order valence-corrected chi connectivity index (χ1v) is 34.7. The minimum atomic E-state index is -1.57. The van der Waals surface area contributed by atoms with Crippen LogP contribution in [0.25, 0.3) is 0 Å². The van der Waals surface area contributed by atoms with E-state index in [0.717, 1.165) is 44.9 Å². The highest BCUT2D eigenvalue weighted by Gasteiger charge is 2.44. The zero-order valence-corrected chi connectivity index (χ0v) is 52.2. The van der Waals surface area contributed by atoms with Crippen molar-refractivity contribution in [2.45, 2.75) is 391 Å². The monoisotopic (exact) mass is 1120 g/mol. The van der Waals surface area contributed by atoms with Gasteiger partial charge in [0.1, 0.15) is 24.4 Å². The molecule has 1 saturated heterocycles. The lowest BCUT2D eigenvalue weighted by atomic mass is 9.99. The first-order chi connectivity index (χ1) is 38.8. The fraction of sp³-hybridized carbons (Fsp3) is 0.900. The van der Waals surface area contributed by atoms with Gasteiger partial charge in [-0.2, -0.15) is 0 Å². The van der Waals surface area contributed by atoms with E-state index in [1.807, 2.05) is 6.08 Å². The summed E-state index contributed by atoms with van der Waals surface area (Å²) in [5, 5.41) is 54.8. The molecule has 0 aromatic carbocycles. The van der Waals surface area contributed by atoms with Crippen molar-refractivity contribution in [2.75, 3.05) is 13.2 Å². The Morgan fingerprint density at radius 2 is 0.747 bits per heavy atom. The van der Waals surface area contributed by atoms with Gasteiger partial charge >= 0.3 is 0 Å². The summed E-state index contributed by atoms with van der Waals surface area (Å²) in [5.74, 6) is -0.171. The molecule has 466 valence electrons. The second kappa shape index (κ2) is 59.6. The van der Waals surface area contributed by atoms with Crippen LogP contribution >= 0.6 is 0 Å². The molecular formula is C70H133NO8. The second-order valence-corrected chi connectivity index (χ2v) is 24.3. The molecule has 0 aromatic rings. The fourth-order valence-corrected chi connectivity index (χ4v) is 11.3. The maximum atomic E-state index is 13.1. The lowest BCUT2D eigenvalue weighted by Gasteiger charge is -2.40. The van der Waals surface area contributed by atoms with Crippen molar-refractivity contribution < 1.29 is 39.8 Å². The Morgan fingerprint density at radius 3 is 1.09 bits per heavy atom. The van der Waals surface area contributed by atoms with Crippen molar-refractivity contribution in [3.63, 3.8) is 0 Å². The third kappa shape index (κ3) is 48.5. The van der Waals surface area contributed by atoms with Crippen LogP contribution in [0.15, 0.2) is 36.5 Å². The first-order valence-electron chi connectivity index (χ1n) is 34.7. The Morgan fingerprint density at radius 1 is 0.430 bits per heavy atom. The number of carbonyl (C=O) groups excluding carboxylic acids is 1. The quantitative estimate of drug-likeness (QED) is 0.0261. The van der Waals surface area contributed by atoms with E-state index in [0.29, 0.717) is 6.42 Å². The number of aliphatic hydroxyl groups excluding tert-OH is 5. The molecule has 0 aliphatic carbocycles. The molecule has 1 aliphatic rings. The molecule has 1 heterocycles. The molecule has 1 aliphatic heterocycles. The van der Waals surface area contributed by atoms with Gasteiger partial charge in [-0.3, -0.25) is 4.79 Å². The van der Waals surface area contributed by atoms with Crippen LogP contribution in [0.4, 0.5) is 0 Å². The van der Waals surface area contributed by atoms with E-state index >= 15 is 0 Å². The molecule has 1 amide bonds. The molecule has 7 atom stereocenters. The van der Waals surface area contributed by atoms with Crippen LogP contribution in [-0.4, -0.2) is 87.5 Å². The van der Waals surface area contributed by atoms with Crippen molar-refractivity contribution in [1.82, 2.24) is 5.32 Å². The van der Waals surface area contributed by atoms with Crippen LogP contribution in [0, 0.1) is 0 Å². The van der Waals surface area contributed by atoms with E-state index in [-0.39, 0.29) is 12.5 Å². The minimum Gasteiger partial charge on any atom is -0.394 e. The number of ether oxygens (including phenoxy) is 2. The van der Waals surface area contributed by atoms with Crippen molar-refractivity contribution in [2.24, 2.45) is 0 Å². The zero-order chi connectivity index (χ0) is 57.2. The minimum absolute atomic E-state index is 0.171. The number of amides is 1. The molecule has 1 fully saturated rings. The van der Waals surface area contributed by atoms with E-state index < -0.39 is 49.5 Å². The fourth-order valence-electron chi connectivity index (χ4n) is 11.3. The smallest absolute Gasteiger partial charge is 0.220 e. The largest absolute Gasteiger partial charge is 0.394 e. The molecule has 0 saturated carbocycles. The number of hydrogen-bond acceptors (Lipinski definition) is 8. The third-order valence-electron chi connectivity index (χ3n) is 16.7. The molecule has 0 bridgehead atoms. The lowest BCUT2D eigenvalue weighted by molar-refractivity contribution is -0.302. The van der Waals surface area contributed by atoms with Gasteiger partial charge in [0, 0.05) is 6.42 Å². The SMILES string of the molecule is CCCCCCCCCCC/C=C\C/C=C\CCCCCCCCCCCCCCCCCC(=O)NC(COC1OC(CO)C(O)C(O)C1O)C(O)/C=C/CCCCCCCCCCCCCCCCCCCCCCCCC. The molecule has 9 nitrogen and oxygen atoms in total. The Hall–Kier alpha value is -1.59. The van der Waals surface area contributed by atoms with Crippen molar-refractivity contribution in [1.29, 1.82) is 0 Å². The molecule has 0 radical (unpaired) electrons. The summed E-state index contributed by atoms with van der Waals surface area (Å²) in [6.07, 6.45) is 72.4. The number of allylic oxidation sites excluding steroid dienone is 5. The van der Waals surface area contributed by atoms with Gasteiger partial charge in [-0.05, 0) is 51.4 Å². The van der Waals surface area contributed by atoms with E-state index in [1.54, 1.807) is 6.08 Å². The van der Waals surface area contributed by atoms with Crippen LogP contribution in [0.1, 0.15) is 348 Å². The highest BCUT2D eigenvalue weighted by atomic mass is 16.7. The number of unbranched alkanes of at least 4 members (excludes halogenated alkanes) is 47. The summed E-state index contributed by atoms with van der Waals surface area (Å²) in [5.41, 5.74) is 0. The molecular weight excluding hydrogens is 983 g/mol. The normalized spacial score (nSPS) is 18.7. The zero-order valence-electron chi connectivity index (χ0n) is 52.2. The first kappa shape index (κ1) is 75.4. The van der Waals surface area contributed by atoms with Gasteiger partial charge < -0.3 is 40.3 Å². The molecule has 79 heavy (non-hydrogen) atoms. The second-order valence-electron chi connectivity index (χ2n) is 24.3. The van der Waals surface area contributed by atoms with Gasteiger partial charge in [-0.25, -0.2) is 0 Å². The molecule has 7 unspecified atom stereocenters. The Balaban J connectivity index is 2.13. The standard InChI is InChI=1S/C70H133NO8/c1-3-5-7-9-11-13-15-17-19-21-23-25-27-29-30-31-32-33-34-36-38-40-42-44-46-48-50-52-54-56-58-60-66(74)71-63(62-78-70-69(77)68(76)67(75)65(61-72)79-70)64(73)59-57-55-53-51-49-47-45-43-41-39-37-35-28-26-24-22-20-18-16-14-12-10-8-6-4-2/h23,25,29-30,57,59,63-65,67-70,72-73,75-77H,3-22,24,26-28,31-56,58,60-62H2,1-2H3,(H,71,74)/b25-23-,30-29-,59-57+. The summed E-state index contributed by atoms with van der Waals surface area (Å²) >= 11 is 0. The predicted octanol–water partition coefficient (Wildman–Crippen LogP) is 18.6. The molecule has 1 rings (SSSR count). The summed E-state index contributed by atoms with van der Waals surface area (Å²) in [6, 6.07) is -0.806. The average molecular weight is 1120 g/mol. The van der Waals surface area contributed by atoms with Gasteiger partial charge in [-0.1, -0.05) is 326 Å². The lowest BCUT2D eigenvalue weighted by Crippen LogP contribution is -2.60. The third-order valence-corrected chi connectivity index (χ3v) is 16.7. The number of hydrogen-bond donors (Lipinski definition) is 6. The van der Waals surface area contributed by atoms with Crippen molar-refractivity contribution in [3.8, 4) is 0 Å². The van der Waals surface area contributed by atoms with Crippen LogP contribution in [-0.2, 0) is 14.3 Å². The summed E-state index contributed by atoms with van der Waals surface area (Å²) in [7, 11) is 0. The van der Waals surface area contributed by atoms with Crippen molar-refractivity contribution in [3.05, 3.63) is 36.5 Å². The van der Waals surface area contributed by atoms with E-state index in [1.165, 1.54) is 283 Å². The maximum absolute atomic E-state index is 13.1. The van der Waals surface area contributed by atoms with Gasteiger partial charge in [0.2, 0.25) is 5.91 Å². The molecule has 0 spiro atoms. The molecule has 6 N–H and O–H groups in total. The van der Waals surface area contributed by atoms with E-state index in [4.69, 9.17) is 9.47 Å². The predicted molar refractivity (Wildman–Crippen MR) is 337 cm³/mol. The van der Waals surface area contributed by atoms with Gasteiger partial charge in [0.05, 0.1) is 25.4 Å². The van der Waals surface area contributed by atoms with Gasteiger partial charge in [-0.15, -0.1) is 0 Å². The van der Waals surface area contributed by atoms with Crippen molar-refractivity contribution >= 4 is 5.91 Å². The van der Waals surface area contributed by atoms with Gasteiger partial charge in [0.25, 0.3) is 0 Å². The maximum Gasteiger partial charge on any atom is 0.220 e. The van der Waals surface area contributed by atoms with E-state index in [9.17, 15) is 30.3 Å². The molecule has 9 heteroatoms. The molecule has 0 aromatic heterocycles. The summed E-state index contributed by atoms with van der Waals surface area (Å²) in [6.45, 7) is 3.83. The highest BCUT2D eigenvalue weighted by molar-refractivity contribution is 5.76. The highest BCUT2D eigenvalue weighted by Crippen LogP contribution is 2.23. The van der Waals surface area contributed by atoms with Gasteiger partial charge in [0.15, 0.2) is 6.29 Å². The van der Waals surface area contributed by atoms with Crippen LogP contribution in [0.5, 0.6) is 0 Å². The Bertz CT molecular complexity index is 1340. The van der Waals surface area contributed by atoms with Crippen LogP contribution < -0.4 is 5.32 Å². The Labute approximate surface area is 489 Å². The average Bonchev–Trinajstić information content (AvgIpc) is 3.47. The number of aliphatic hydroxyl groups is 5. The summed E-state index contributed by atoms with van der Waals surface area (Å²) in [4.78, 5) is 13.1.